The fourth-order valence-corrected chi connectivity index (χ4v) is 0.506. The van der Waals surface area contributed by atoms with Crippen LogP contribution >= 0.6 is 0 Å². The molecule has 0 aliphatic carbocycles. The molecule has 0 aliphatic heterocycles. The van der Waals surface area contributed by atoms with Crippen molar-refractivity contribution in [3.8, 4) is 0 Å². The summed E-state index contributed by atoms with van der Waals surface area (Å²) >= 11 is 0. The van der Waals surface area contributed by atoms with Gasteiger partial charge in [-0.05, 0) is 6.42 Å². The second-order valence-corrected chi connectivity index (χ2v) is 2.16. The molecule has 0 bridgehead atoms. The van der Waals surface area contributed by atoms with Crippen LogP contribution in [-0.4, -0.2) is 23.7 Å². The molecule has 1 amide bonds. The Morgan fingerprint density at radius 2 is 2.40 bits per heavy atom. The second kappa shape index (κ2) is 5.11. The van der Waals surface area contributed by atoms with Crippen LogP contribution in [0.25, 0.3) is 0 Å². The van der Waals surface area contributed by atoms with Crippen LogP contribution in [0.5, 0.6) is 0 Å². The molecule has 3 nitrogen and oxygen atoms in total. The Kier molecular flexibility index (Phi) is 4.76. The summed E-state index contributed by atoms with van der Waals surface area (Å²) in [5.74, 6) is -0.395. The van der Waals surface area contributed by atoms with Gasteiger partial charge in [0.1, 0.15) is 6.92 Å². The van der Waals surface area contributed by atoms with Gasteiger partial charge >= 0.3 is 0 Å². The first kappa shape index (κ1) is 9.30. The fourth-order valence-electron chi connectivity index (χ4n) is 0.506. The predicted molar refractivity (Wildman–Crippen MR) is 39.3 cm³/mol. The monoisotopic (exact) mass is 144 g/mol. The van der Waals surface area contributed by atoms with Gasteiger partial charge in [-0.15, -0.1) is 0 Å². The van der Waals surface area contributed by atoms with Gasteiger partial charge in [-0.1, -0.05) is 13.3 Å². The molecule has 0 spiro atoms. The van der Waals surface area contributed by atoms with Crippen LogP contribution in [0.15, 0.2) is 0 Å². The molecule has 1 atom stereocenters. The standard InChI is InChI=1S/C7H13NO2/c1-3-4-5-8-7(10)6(2)9/h6,9H,2-5H2,1H3/p+1/t6-/m1/s1. The summed E-state index contributed by atoms with van der Waals surface area (Å²) < 4.78 is 0. The van der Waals surface area contributed by atoms with Crippen molar-refractivity contribution >= 4 is 5.91 Å². The van der Waals surface area contributed by atoms with Crippen LogP contribution in [0, 0.1) is 6.92 Å². The van der Waals surface area contributed by atoms with Crippen LogP contribution in [0.3, 0.4) is 0 Å². The lowest BCUT2D eigenvalue weighted by molar-refractivity contribution is -0.127. The Balaban J connectivity index is 3.22. The summed E-state index contributed by atoms with van der Waals surface area (Å²) in [4.78, 5) is 10.6. The molecule has 0 saturated heterocycles. The summed E-state index contributed by atoms with van der Waals surface area (Å²) in [6.07, 6.45) is 0.850. The minimum absolute atomic E-state index is 0.395. The van der Waals surface area contributed by atoms with Crippen molar-refractivity contribution in [2.45, 2.75) is 25.9 Å². The van der Waals surface area contributed by atoms with Gasteiger partial charge in [0.2, 0.25) is 0 Å². The Labute approximate surface area is 61.4 Å². The van der Waals surface area contributed by atoms with E-state index in [1.165, 1.54) is 0 Å². The Morgan fingerprint density at radius 1 is 1.80 bits per heavy atom. The zero-order valence-corrected chi connectivity index (χ0v) is 6.26. The van der Waals surface area contributed by atoms with Gasteiger partial charge < -0.3 is 10.4 Å². The molecule has 3 heteroatoms. The predicted octanol–water partition coefficient (Wildman–Crippen LogP) is 0.0977. The normalized spacial score (nSPS) is 12.6. The van der Waals surface area contributed by atoms with Gasteiger partial charge in [0, 0.05) is 6.54 Å². The number of unbranched alkanes of at least 4 members (excludes halogenated alkanes) is 1. The van der Waals surface area contributed by atoms with Crippen molar-refractivity contribution in [2.24, 2.45) is 0 Å². The molecule has 0 aromatic heterocycles. The average molecular weight is 144 g/mol. The number of hydrogen-bond donors (Lipinski definition) is 2. The van der Waals surface area contributed by atoms with Gasteiger partial charge in [0.15, 0.2) is 0 Å². The maximum Gasteiger partial charge on any atom is 0.296 e. The minimum Gasteiger partial charge on any atom is -0.350 e. The molecule has 0 aromatic rings. The van der Waals surface area contributed by atoms with Gasteiger partial charge in [-0.3, -0.25) is 4.79 Å². The highest BCUT2D eigenvalue weighted by atomic mass is 16.3. The Bertz CT molecular complexity index is 102. The fraction of sp³-hybridized carbons (Fsp3) is 0.714. The number of aliphatic hydroxyl groups is 1. The van der Waals surface area contributed by atoms with Crippen molar-refractivity contribution in [1.29, 1.82) is 0 Å². The van der Waals surface area contributed by atoms with Crippen molar-refractivity contribution in [3.63, 3.8) is 0 Å². The van der Waals surface area contributed by atoms with Crippen LogP contribution < -0.4 is 5.32 Å². The third-order valence-corrected chi connectivity index (χ3v) is 1.13. The van der Waals surface area contributed by atoms with E-state index in [-0.39, 0.29) is 0 Å². The molecule has 10 heavy (non-hydrogen) atoms. The third-order valence-electron chi connectivity index (χ3n) is 1.13. The zero-order valence-electron chi connectivity index (χ0n) is 6.26. The number of carbonyl (C=O) groups is 1. The van der Waals surface area contributed by atoms with Crippen molar-refractivity contribution in [3.05, 3.63) is 6.92 Å². The van der Waals surface area contributed by atoms with Crippen molar-refractivity contribution in [2.75, 3.05) is 6.54 Å². The van der Waals surface area contributed by atoms with E-state index in [0.717, 1.165) is 12.8 Å². The van der Waals surface area contributed by atoms with Crippen LogP contribution in [0.4, 0.5) is 0 Å². The van der Waals surface area contributed by atoms with Gasteiger partial charge in [0.05, 0.1) is 0 Å². The molecule has 0 heterocycles. The molecule has 58 valence electrons. The van der Waals surface area contributed by atoms with Gasteiger partial charge in [-0.25, -0.2) is 0 Å². The summed E-state index contributed by atoms with van der Waals surface area (Å²) in [5, 5.41) is 11.1. The molecule has 2 N–H and O–H groups in total. The van der Waals surface area contributed by atoms with E-state index in [4.69, 9.17) is 5.11 Å². The molecular weight excluding hydrogens is 130 g/mol. The maximum absolute atomic E-state index is 10.6. The number of nitrogens with one attached hydrogen (secondary N) is 1. The maximum atomic E-state index is 10.6. The van der Waals surface area contributed by atoms with E-state index in [1.807, 2.05) is 6.92 Å². The topological polar surface area (TPSA) is 49.3 Å². The average Bonchev–Trinajstić information content (AvgIpc) is 1.88. The molecule has 0 fully saturated rings. The number of rotatable bonds is 4. The number of aliphatic hydroxyl groups excluding tert-OH is 1. The van der Waals surface area contributed by atoms with E-state index in [1.54, 1.807) is 0 Å². The Hall–Kier alpha value is -0.700. The summed E-state index contributed by atoms with van der Waals surface area (Å²) in [7, 11) is 0. The van der Waals surface area contributed by atoms with Crippen LogP contribution in [0.2, 0.25) is 0 Å². The van der Waals surface area contributed by atoms with E-state index >= 15 is 0 Å². The van der Waals surface area contributed by atoms with E-state index in [9.17, 15) is 4.79 Å². The lowest BCUT2D eigenvalue weighted by Gasteiger charge is -2.00. The highest BCUT2D eigenvalue weighted by Crippen LogP contribution is 1.84. The molecule has 0 aromatic carbocycles. The largest absolute Gasteiger partial charge is 0.350 e. The summed E-state index contributed by atoms with van der Waals surface area (Å²) in [5.41, 5.74) is 0. The highest BCUT2D eigenvalue weighted by molar-refractivity contribution is 5.80. The number of carbonyl (C=O) groups excluding carboxylic acids is 1. The number of amides is 1. The first-order valence-electron chi connectivity index (χ1n) is 3.47. The first-order chi connectivity index (χ1) is 4.68. The quantitative estimate of drug-likeness (QED) is 0.434. The molecular formula is C7H14NO2+. The number of hydrogen-bond acceptors (Lipinski definition) is 2. The summed E-state index contributed by atoms with van der Waals surface area (Å²) in [6.45, 7) is 5.82. The highest BCUT2D eigenvalue weighted by Gasteiger charge is 2.12. The zero-order chi connectivity index (χ0) is 7.98. The third kappa shape index (κ3) is 4.21. The van der Waals surface area contributed by atoms with E-state index in [0.29, 0.717) is 6.54 Å². The minimum atomic E-state index is -1.13. The SMILES string of the molecule is [CH2+][C@@H](O)C(=O)NCCCC. The summed E-state index contributed by atoms with van der Waals surface area (Å²) in [6, 6.07) is 0. The smallest absolute Gasteiger partial charge is 0.296 e. The van der Waals surface area contributed by atoms with Crippen molar-refractivity contribution < 1.29 is 9.90 Å². The lowest BCUT2D eigenvalue weighted by atomic mass is 10.3. The Morgan fingerprint density at radius 3 is 2.80 bits per heavy atom. The first-order valence-corrected chi connectivity index (χ1v) is 3.47. The molecule has 0 radical (unpaired) electrons. The van der Waals surface area contributed by atoms with E-state index in [2.05, 4.69) is 12.2 Å². The molecule has 0 rings (SSSR count). The molecule has 0 unspecified atom stereocenters. The van der Waals surface area contributed by atoms with Gasteiger partial charge in [-0.2, -0.15) is 0 Å². The van der Waals surface area contributed by atoms with E-state index < -0.39 is 12.0 Å². The molecule has 0 saturated carbocycles. The van der Waals surface area contributed by atoms with Gasteiger partial charge in [0.25, 0.3) is 12.0 Å². The van der Waals surface area contributed by atoms with Crippen LogP contribution in [0.1, 0.15) is 19.8 Å². The van der Waals surface area contributed by atoms with Crippen molar-refractivity contribution in [1.82, 2.24) is 5.32 Å². The molecule has 0 aliphatic rings. The second-order valence-electron chi connectivity index (χ2n) is 2.16. The lowest BCUT2D eigenvalue weighted by Crippen LogP contribution is -2.33. The van der Waals surface area contributed by atoms with Crippen LogP contribution in [-0.2, 0) is 4.79 Å².